The number of aryl methyl sites for hydroxylation is 1. The molecule has 0 spiro atoms. The molecule has 1 amide bonds. The third kappa shape index (κ3) is 3.12. The first-order valence-corrected chi connectivity index (χ1v) is 7.51. The molecule has 0 saturated carbocycles. The lowest BCUT2D eigenvalue weighted by Gasteiger charge is -2.01. The molecule has 0 fully saturated rings. The van der Waals surface area contributed by atoms with Gasteiger partial charge in [-0.3, -0.25) is 10.1 Å². The van der Waals surface area contributed by atoms with Gasteiger partial charge in [0, 0.05) is 16.8 Å². The minimum Gasteiger partial charge on any atom is -0.399 e. The number of rotatable bonds is 3. The van der Waals surface area contributed by atoms with E-state index in [4.69, 9.17) is 5.73 Å². The summed E-state index contributed by atoms with van der Waals surface area (Å²) in [6.07, 6.45) is 0. The smallest absolute Gasteiger partial charge is 0.257 e. The number of carbonyl (C=O) groups excluding carboxylic acids is 1. The zero-order valence-electron chi connectivity index (χ0n) is 11.9. The van der Waals surface area contributed by atoms with E-state index in [9.17, 15) is 4.79 Å². The Bertz CT molecular complexity index is 811. The van der Waals surface area contributed by atoms with Gasteiger partial charge in [-0.25, -0.2) is 0 Å². The molecule has 3 aromatic rings. The number of nitrogens with zero attached hydrogens (tertiary/aromatic N) is 2. The van der Waals surface area contributed by atoms with Gasteiger partial charge in [0.1, 0.15) is 5.01 Å². The number of nitrogen functional groups attached to an aromatic ring is 1. The van der Waals surface area contributed by atoms with Gasteiger partial charge in [0.25, 0.3) is 5.91 Å². The topological polar surface area (TPSA) is 80.9 Å². The molecule has 1 heterocycles. The van der Waals surface area contributed by atoms with Gasteiger partial charge in [-0.1, -0.05) is 41.2 Å². The molecule has 0 aliphatic rings. The summed E-state index contributed by atoms with van der Waals surface area (Å²) in [5.74, 6) is -0.199. The lowest BCUT2D eigenvalue weighted by molar-refractivity contribution is 0.102. The molecule has 1 aromatic heterocycles. The maximum Gasteiger partial charge on any atom is 0.257 e. The summed E-state index contributed by atoms with van der Waals surface area (Å²) < 4.78 is 0. The Hall–Kier alpha value is -2.73. The fourth-order valence-electron chi connectivity index (χ4n) is 1.94. The monoisotopic (exact) mass is 310 g/mol. The number of nitrogens with two attached hydrogens (primary N) is 1. The van der Waals surface area contributed by atoms with E-state index in [2.05, 4.69) is 15.5 Å². The number of amides is 1. The molecule has 22 heavy (non-hydrogen) atoms. The summed E-state index contributed by atoms with van der Waals surface area (Å²) in [7, 11) is 0. The molecule has 2 aromatic carbocycles. The van der Waals surface area contributed by atoms with E-state index >= 15 is 0 Å². The van der Waals surface area contributed by atoms with Crippen molar-refractivity contribution in [3.8, 4) is 10.6 Å². The molecule has 0 unspecified atom stereocenters. The Morgan fingerprint density at radius 3 is 2.64 bits per heavy atom. The van der Waals surface area contributed by atoms with Crippen LogP contribution in [0.5, 0.6) is 0 Å². The van der Waals surface area contributed by atoms with Crippen molar-refractivity contribution < 1.29 is 4.79 Å². The Morgan fingerprint density at radius 2 is 1.91 bits per heavy atom. The highest BCUT2D eigenvalue weighted by Crippen LogP contribution is 2.27. The van der Waals surface area contributed by atoms with Crippen LogP contribution in [0.1, 0.15) is 15.9 Å². The van der Waals surface area contributed by atoms with Crippen LogP contribution in [0.3, 0.4) is 0 Å². The van der Waals surface area contributed by atoms with E-state index in [1.165, 1.54) is 11.3 Å². The van der Waals surface area contributed by atoms with Crippen molar-refractivity contribution >= 4 is 28.1 Å². The first kappa shape index (κ1) is 14.2. The summed E-state index contributed by atoms with van der Waals surface area (Å²) in [5.41, 5.74) is 9.00. The quantitative estimate of drug-likeness (QED) is 0.727. The van der Waals surface area contributed by atoms with Crippen LogP contribution in [-0.2, 0) is 0 Å². The van der Waals surface area contributed by atoms with Crippen molar-refractivity contribution in [2.45, 2.75) is 6.92 Å². The molecule has 0 aliphatic carbocycles. The summed E-state index contributed by atoms with van der Waals surface area (Å²) in [5, 5.41) is 12.0. The predicted octanol–water partition coefficient (Wildman–Crippen LogP) is 3.35. The molecular weight excluding hydrogens is 296 g/mol. The fourth-order valence-corrected chi connectivity index (χ4v) is 2.67. The molecular formula is C16H14N4OS. The van der Waals surface area contributed by atoms with Crippen molar-refractivity contribution in [3.05, 3.63) is 59.7 Å². The molecule has 0 saturated heterocycles. The van der Waals surface area contributed by atoms with Crippen molar-refractivity contribution in [1.82, 2.24) is 10.2 Å². The molecule has 6 heteroatoms. The number of anilines is 2. The maximum absolute atomic E-state index is 12.1. The normalized spacial score (nSPS) is 10.4. The van der Waals surface area contributed by atoms with Crippen LogP contribution < -0.4 is 11.1 Å². The van der Waals surface area contributed by atoms with Gasteiger partial charge < -0.3 is 5.73 Å². The molecule has 0 atom stereocenters. The van der Waals surface area contributed by atoms with Crippen LogP contribution >= 0.6 is 11.3 Å². The van der Waals surface area contributed by atoms with Crippen molar-refractivity contribution in [3.63, 3.8) is 0 Å². The Labute approximate surface area is 131 Å². The van der Waals surface area contributed by atoms with Gasteiger partial charge in [-0.05, 0) is 31.2 Å². The zero-order chi connectivity index (χ0) is 15.5. The van der Waals surface area contributed by atoms with E-state index in [1.807, 2.05) is 43.3 Å². The van der Waals surface area contributed by atoms with E-state index in [0.29, 0.717) is 21.4 Å². The van der Waals surface area contributed by atoms with Gasteiger partial charge in [-0.15, -0.1) is 10.2 Å². The lowest BCUT2D eigenvalue weighted by atomic mass is 10.1. The zero-order valence-corrected chi connectivity index (χ0v) is 12.7. The predicted molar refractivity (Wildman–Crippen MR) is 88.9 cm³/mol. The van der Waals surface area contributed by atoms with Gasteiger partial charge in [0.2, 0.25) is 5.13 Å². The third-order valence-corrected chi connectivity index (χ3v) is 3.98. The standard InChI is InChI=1S/C16H14N4OS/c1-10-5-7-11(8-6-10)14(21)18-16-20-19-15(22-16)12-3-2-4-13(17)9-12/h2-9H,17H2,1H3,(H,18,20,21). The average Bonchev–Trinajstić information content (AvgIpc) is 2.96. The number of hydrogen-bond acceptors (Lipinski definition) is 5. The molecule has 110 valence electrons. The van der Waals surface area contributed by atoms with Gasteiger partial charge >= 0.3 is 0 Å². The number of carbonyl (C=O) groups is 1. The Morgan fingerprint density at radius 1 is 1.14 bits per heavy atom. The van der Waals surface area contributed by atoms with Crippen molar-refractivity contribution in [1.29, 1.82) is 0 Å². The SMILES string of the molecule is Cc1ccc(C(=O)Nc2nnc(-c3cccc(N)c3)s2)cc1. The highest BCUT2D eigenvalue weighted by molar-refractivity contribution is 7.18. The first-order valence-electron chi connectivity index (χ1n) is 6.69. The number of aromatic nitrogens is 2. The van der Waals surface area contributed by atoms with Crippen molar-refractivity contribution in [2.75, 3.05) is 11.1 Å². The lowest BCUT2D eigenvalue weighted by Crippen LogP contribution is -2.11. The summed E-state index contributed by atoms with van der Waals surface area (Å²) >= 11 is 1.31. The Balaban J connectivity index is 1.77. The summed E-state index contributed by atoms with van der Waals surface area (Å²) in [4.78, 5) is 12.1. The maximum atomic E-state index is 12.1. The molecule has 0 radical (unpaired) electrons. The summed E-state index contributed by atoms with van der Waals surface area (Å²) in [6, 6.07) is 14.8. The molecule has 0 bridgehead atoms. The average molecular weight is 310 g/mol. The van der Waals surface area contributed by atoms with Gasteiger partial charge in [-0.2, -0.15) is 0 Å². The molecule has 5 nitrogen and oxygen atoms in total. The third-order valence-electron chi connectivity index (χ3n) is 3.09. The highest BCUT2D eigenvalue weighted by Gasteiger charge is 2.11. The van der Waals surface area contributed by atoms with Crippen LogP contribution in [-0.4, -0.2) is 16.1 Å². The second-order valence-electron chi connectivity index (χ2n) is 4.86. The minimum atomic E-state index is -0.199. The van der Waals surface area contributed by atoms with Gasteiger partial charge in [0.15, 0.2) is 0 Å². The van der Waals surface area contributed by atoms with Gasteiger partial charge in [0.05, 0.1) is 0 Å². The number of hydrogen-bond donors (Lipinski definition) is 2. The first-order chi connectivity index (χ1) is 10.6. The van der Waals surface area contributed by atoms with E-state index < -0.39 is 0 Å². The van der Waals surface area contributed by atoms with E-state index in [-0.39, 0.29) is 5.91 Å². The van der Waals surface area contributed by atoms with Crippen LogP contribution in [0.2, 0.25) is 0 Å². The second-order valence-corrected chi connectivity index (χ2v) is 5.84. The Kier molecular flexibility index (Phi) is 3.84. The van der Waals surface area contributed by atoms with Crippen molar-refractivity contribution in [2.24, 2.45) is 0 Å². The number of benzene rings is 2. The second kappa shape index (κ2) is 5.95. The van der Waals surface area contributed by atoms with Crippen LogP contribution in [0, 0.1) is 6.92 Å². The van der Waals surface area contributed by atoms with Crippen LogP contribution in [0.4, 0.5) is 10.8 Å². The van der Waals surface area contributed by atoms with Crippen LogP contribution in [0.15, 0.2) is 48.5 Å². The summed E-state index contributed by atoms with van der Waals surface area (Å²) in [6.45, 7) is 1.98. The largest absolute Gasteiger partial charge is 0.399 e. The number of nitrogens with one attached hydrogen (secondary N) is 1. The fraction of sp³-hybridized carbons (Fsp3) is 0.0625. The van der Waals surface area contributed by atoms with E-state index in [0.717, 1.165) is 11.1 Å². The highest BCUT2D eigenvalue weighted by atomic mass is 32.1. The van der Waals surface area contributed by atoms with Crippen LogP contribution in [0.25, 0.3) is 10.6 Å². The minimum absolute atomic E-state index is 0.199. The molecule has 3 rings (SSSR count). The molecule has 0 aliphatic heterocycles. The van der Waals surface area contributed by atoms with E-state index in [1.54, 1.807) is 12.1 Å². The molecule has 3 N–H and O–H groups in total.